The van der Waals surface area contributed by atoms with Gasteiger partial charge >= 0.3 is 6.11 Å². The lowest BCUT2D eigenvalue weighted by atomic mass is 10.00. The van der Waals surface area contributed by atoms with Crippen LogP contribution in [0.15, 0.2) is 10.5 Å². The summed E-state index contributed by atoms with van der Waals surface area (Å²) in [5, 5.41) is 0. The van der Waals surface area contributed by atoms with Crippen LogP contribution in [-0.2, 0) is 17.6 Å². The van der Waals surface area contributed by atoms with Crippen LogP contribution in [-0.4, -0.2) is 30.6 Å². The first-order chi connectivity index (χ1) is 11.3. The second-order valence-electron chi connectivity index (χ2n) is 5.52. The van der Waals surface area contributed by atoms with Crippen LogP contribution in [0.2, 0.25) is 0 Å². The molecule has 3 nitrogen and oxygen atoms in total. The minimum Gasteiger partial charge on any atom is -0.482 e. The summed E-state index contributed by atoms with van der Waals surface area (Å²) in [6.45, 7) is 0.0612. The Morgan fingerprint density at radius 2 is 2.17 bits per heavy atom. The van der Waals surface area contributed by atoms with Crippen molar-refractivity contribution in [2.45, 2.75) is 44.8 Å². The van der Waals surface area contributed by atoms with E-state index in [-0.39, 0.29) is 17.9 Å². The Labute approximate surface area is 152 Å². The molecule has 1 atom stereocenters. The van der Waals surface area contributed by atoms with Crippen molar-refractivity contribution in [3.63, 3.8) is 0 Å². The Morgan fingerprint density at radius 1 is 1.46 bits per heavy atom. The number of alkyl halides is 3. The van der Waals surface area contributed by atoms with Gasteiger partial charge in [0, 0.05) is 10.9 Å². The van der Waals surface area contributed by atoms with Gasteiger partial charge in [-0.2, -0.15) is 8.78 Å². The Kier molecular flexibility index (Phi) is 6.61. The highest BCUT2D eigenvalue weighted by molar-refractivity contribution is 9.10. The molecule has 0 heterocycles. The van der Waals surface area contributed by atoms with Gasteiger partial charge in [0.25, 0.3) is 0 Å². The summed E-state index contributed by atoms with van der Waals surface area (Å²) in [6, 6.07) is 1.83. The van der Waals surface area contributed by atoms with Crippen molar-refractivity contribution in [1.82, 2.24) is 0 Å². The van der Waals surface area contributed by atoms with Gasteiger partial charge in [-0.25, -0.2) is 4.39 Å². The Hall–Kier alpha value is -0.730. The fourth-order valence-corrected chi connectivity index (χ4v) is 3.50. The maximum atomic E-state index is 13.2. The van der Waals surface area contributed by atoms with Crippen molar-refractivity contribution >= 4 is 34.3 Å². The number of carbonyl (C=O) groups is 1. The van der Waals surface area contributed by atoms with Crippen molar-refractivity contribution in [3.05, 3.63) is 27.2 Å². The Bertz CT molecular complexity index is 625. The standard InChI is InChI=1S/C16H18BrF3O3S/c1-2-3-4-9-5-11(17)10-6-12(23-16(19,20)7-18)14(21)13(10)15(9)22-8-24/h5,12,24H,2-4,6-8H2,1H3. The minimum absolute atomic E-state index is 0.0483. The number of thiol groups is 1. The number of Topliss-reactive ketones (excluding diaryl/α,β-unsaturated/α-hetero) is 1. The van der Waals surface area contributed by atoms with Crippen LogP contribution in [0.4, 0.5) is 13.2 Å². The molecule has 134 valence electrons. The third-order valence-electron chi connectivity index (χ3n) is 3.82. The van der Waals surface area contributed by atoms with Crippen LogP contribution in [0.25, 0.3) is 0 Å². The van der Waals surface area contributed by atoms with Gasteiger partial charge in [-0.15, -0.1) is 12.6 Å². The van der Waals surface area contributed by atoms with Crippen LogP contribution < -0.4 is 4.74 Å². The number of unbranched alkanes of at least 4 members (excludes halogenated alkanes) is 1. The van der Waals surface area contributed by atoms with Gasteiger partial charge in [-0.05, 0) is 30.0 Å². The molecule has 0 radical (unpaired) electrons. The molecule has 8 heteroatoms. The largest absolute Gasteiger partial charge is 0.482 e. The molecule has 24 heavy (non-hydrogen) atoms. The fraction of sp³-hybridized carbons (Fsp3) is 0.562. The average Bonchev–Trinajstić information content (AvgIpc) is 2.85. The van der Waals surface area contributed by atoms with Gasteiger partial charge in [0.2, 0.25) is 0 Å². The van der Waals surface area contributed by atoms with E-state index < -0.39 is 24.7 Å². The topological polar surface area (TPSA) is 35.5 Å². The Balaban J connectivity index is 2.41. The summed E-state index contributed by atoms with van der Waals surface area (Å²) in [7, 11) is 0. The van der Waals surface area contributed by atoms with E-state index >= 15 is 0 Å². The number of hydrogen-bond donors (Lipinski definition) is 1. The maximum absolute atomic E-state index is 13.2. The highest BCUT2D eigenvalue weighted by Gasteiger charge is 2.43. The van der Waals surface area contributed by atoms with Crippen molar-refractivity contribution in [2.75, 3.05) is 12.6 Å². The predicted molar refractivity (Wildman–Crippen MR) is 91.1 cm³/mol. The van der Waals surface area contributed by atoms with Gasteiger partial charge in [0.15, 0.2) is 12.5 Å². The minimum atomic E-state index is -3.98. The quantitative estimate of drug-likeness (QED) is 0.481. The van der Waals surface area contributed by atoms with Gasteiger partial charge < -0.3 is 9.47 Å². The molecule has 2 rings (SSSR count). The molecule has 0 amide bonds. The molecule has 0 aliphatic heterocycles. The lowest BCUT2D eigenvalue weighted by molar-refractivity contribution is -0.258. The average molecular weight is 427 g/mol. The van der Waals surface area contributed by atoms with Crippen molar-refractivity contribution in [2.24, 2.45) is 0 Å². The monoisotopic (exact) mass is 426 g/mol. The third-order valence-corrected chi connectivity index (χ3v) is 4.65. The van der Waals surface area contributed by atoms with Crippen LogP contribution in [0.1, 0.15) is 41.3 Å². The van der Waals surface area contributed by atoms with Gasteiger partial charge in [0.1, 0.15) is 17.8 Å². The van der Waals surface area contributed by atoms with Crippen LogP contribution in [0.5, 0.6) is 5.75 Å². The van der Waals surface area contributed by atoms with Gasteiger partial charge in [0.05, 0.1) is 5.56 Å². The molecule has 0 saturated heterocycles. The maximum Gasteiger partial charge on any atom is 0.384 e. The zero-order chi connectivity index (χ0) is 17.9. The zero-order valence-electron chi connectivity index (χ0n) is 13.1. The number of ketones is 1. The molecule has 0 saturated carbocycles. The summed E-state index contributed by atoms with van der Waals surface area (Å²) in [4.78, 5) is 12.6. The summed E-state index contributed by atoms with van der Waals surface area (Å²) >= 11 is 7.41. The molecule has 0 aromatic heterocycles. The van der Waals surface area contributed by atoms with Crippen LogP contribution in [0.3, 0.4) is 0 Å². The number of benzene rings is 1. The summed E-state index contributed by atoms with van der Waals surface area (Å²) in [6.07, 6.45) is -2.93. The number of rotatable bonds is 8. The van der Waals surface area contributed by atoms with Crippen molar-refractivity contribution in [3.8, 4) is 5.75 Å². The van der Waals surface area contributed by atoms with E-state index in [1.807, 2.05) is 13.0 Å². The van der Waals surface area contributed by atoms with E-state index in [1.54, 1.807) is 0 Å². The molecule has 1 unspecified atom stereocenters. The number of carbonyl (C=O) groups excluding carboxylic acids is 1. The number of aryl methyl sites for hydroxylation is 1. The zero-order valence-corrected chi connectivity index (χ0v) is 15.6. The van der Waals surface area contributed by atoms with Gasteiger partial charge in [-0.1, -0.05) is 29.3 Å². The molecule has 0 fully saturated rings. The summed E-state index contributed by atoms with van der Waals surface area (Å²) in [5.74, 6) is -0.211. The number of ether oxygens (including phenoxy) is 2. The van der Waals surface area contributed by atoms with E-state index in [0.717, 1.165) is 18.4 Å². The first-order valence-electron chi connectivity index (χ1n) is 7.58. The number of fused-ring (bicyclic) bond motifs is 1. The van der Waals surface area contributed by atoms with E-state index in [0.29, 0.717) is 22.2 Å². The van der Waals surface area contributed by atoms with E-state index in [2.05, 4.69) is 33.3 Å². The van der Waals surface area contributed by atoms with Crippen LogP contribution in [0, 0.1) is 0 Å². The SMILES string of the molecule is CCCCc1cc(Br)c2c(c1OCS)C(=O)C(OC(F)(F)CF)C2. The first-order valence-corrected chi connectivity index (χ1v) is 9.00. The molecule has 0 N–H and O–H groups in total. The highest BCUT2D eigenvalue weighted by Crippen LogP contribution is 2.41. The second-order valence-corrected chi connectivity index (χ2v) is 6.64. The third kappa shape index (κ3) is 4.08. The predicted octanol–water partition coefficient (Wildman–Crippen LogP) is 4.74. The van der Waals surface area contributed by atoms with Gasteiger partial charge in [-0.3, -0.25) is 4.79 Å². The fourth-order valence-electron chi connectivity index (χ4n) is 2.74. The van der Waals surface area contributed by atoms with E-state index in [4.69, 9.17) is 4.74 Å². The molecular weight excluding hydrogens is 409 g/mol. The van der Waals surface area contributed by atoms with E-state index in [1.165, 1.54) is 0 Å². The first kappa shape index (κ1) is 19.6. The molecule has 1 aliphatic carbocycles. The van der Waals surface area contributed by atoms with E-state index in [9.17, 15) is 18.0 Å². The number of hydrogen-bond acceptors (Lipinski definition) is 4. The summed E-state index contributed by atoms with van der Waals surface area (Å²) < 4.78 is 49.3. The van der Waals surface area contributed by atoms with Crippen molar-refractivity contribution < 1.29 is 27.4 Å². The molecule has 1 aromatic carbocycles. The Morgan fingerprint density at radius 3 is 2.75 bits per heavy atom. The highest BCUT2D eigenvalue weighted by atomic mass is 79.9. The summed E-state index contributed by atoms with van der Waals surface area (Å²) in [5.41, 5.74) is 1.57. The lowest BCUT2D eigenvalue weighted by Gasteiger charge is -2.17. The molecule has 1 aliphatic rings. The molecule has 1 aromatic rings. The molecule has 0 bridgehead atoms. The molecule has 0 spiro atoms. The van der Waals surface area contributed by atoms with Crippen molar-refractivity contribution in [1.29, 1.82) is 0 Å². The van der Waals surface area contributed by atoms with Crippen LogP contribution >= 0.6 is 28.6 Å². The smallest absolute Gasteiger partial charge is 0.384 e. The second kappa shape index (κ2) is 8.10. The lowest BCUT2D eigenvalue weighted by Crippen LogP contribution is -2.33. The normalized spacial score (nSPS) is 17.2. The number of halogens is 4. The molecular formula is C16H18BrF3O3S.